The number of para-hydroxylation sites is 1. The fraction of sp³-hybridized carbons (Fsp3) is 0.214. The summed E-state index contributed by atoms with van der Waals surface area (Å²) in [6.45, 7) is 2.73. The van der Waals surface area contributed by atoms with Crippen molar-refractivity contribution in [3.8, 4) is 0 Å². The number of hydrogen-bond acceptors (Lipinski definition) is 3. The molecule has 4 nitrogen and oxygen atoms in total. The van der Waals surface area contributed by atoms with Crippen LogP contribution in [0.1, 0.15) is 24.2 Å². The van der Waals surface area contributed by atoms with Crippen molar-refractivity contribution in [1.29, 1.82) is 0 Å². The molecule has 1 unspecified atom stereocenters. The highest BCUT2D eigenvalue weighted by atomic mass is 35.5. The molecule has 0 saturated heterocycles. The van der Waals surface area contributed by atoms with Crippen molar-refractivity contribution in [2.45, 2.75) is 19.5 Å². The second-order valence-electron chi connectivity index (χ2n) is 4.36. The van der Waals surface area contributed by atoms with Crippen molar-refractivity contribution in [2.24, 2.45) is 5.73 Å². The zero-order valence-corrected chi connectivity index (χ0v) is 11.3. The molecule has 2 heterocycles. The quantitative estimate of drug-likeness (QED) is 0.797. The van der Waals surface area contributed by atoms with Crippen molar-refractivity contribution < 1.29 is 4.42 Å². The van der Waals surface area contributed by atoms with Crippen LogP contribution >= 0.6 is 11.6 Å². The van der Waals surface area contributed by atoms with Gasteiger partial charge in [-0.15, -0.1) is 0 Å². The Morgan fingerprint density at radius 2 is 2.21 bits per heavy atom. The third-order valence-electron chi connectivity index (χ3n) is 3.27. The van der Waals surface area contributed by atoms with Crippen LogP contribution in [0.15, 0.2) is 41.1 Å². The summed E-state index contributed by atoms with van der Waals surface area (Å²) in [5, 5.41) is 5.81. The fourth-order valence-electron chi connectivity index (χ4n) is 2.32. The Bertz CT molecular complexity index is 716. The summed E-state index contributed by atoms with van der Waals surface area (Å²) in [6.07, 6.45) is 3.32. The van der Waals surface area contributed by atoms with Crippen molar-refractivity contribution in [3.05, 3.63) is 53.0 Å². The lowest BCUT2D eigenvalue weighted by Crippen LogP contribution is -2.17. The topological polar surface area (TPSA) is 57.0 Å². The first kappa shape index (κ1) is 12.3. The highest BCUT2D eigenvalue weighted by Crippen LogP contribution is 2.32. The number of nitrogens with zero attached hydrogens (tertiary/aromatic N) is 2. The van der Waals surface area contributed by atoms with E-state index in [-0.39, 0.29) is 6.04 Å². The van der Waals surface area contributed by atoms with E-state index in [1.54, 1.807) is 12.5 Å². The van der Waals surface area contributed by atoms with Crippen LogP contribution in [-0.2, 0) is 6.54 Å². The average Bonchev–Trinajstić information content (AvgIpc) is 3.01. The van der Waals surface area contributed by atoms with Crippen LogP contribution in [0.25, 0.3) is 11.0 Å². The van der Waals surface area contributed by atoms with E-state index in [2.05, 4.69) is 5.10 Å². The van der Waals surface area contributed by atoms with Crippen LogP contribution in [0.2, 0.25) is 5.02 Å². The standard InChI is InChI=1S/C14H14ClN3O/c1-2-18-14(11(15)7-17-18)13(16)10-8-19-12-6-4-3-5-9(10)12/h3-8,13H,2,16H2,1H3. The molecule has 0 radical (unpaired) electrons. The van der Waals surface area contributed by atoms with Crippen LogP contribution in [0.4, 0.5) is 0 Å². The summed E-state index contributed by atoms with van der Waals surface area (Å²) in [6, 6.07) is 7.47. The van der Waals surface area contributed by atoms with Gasteiger partial charge in [0.05, 0.1) is 29.2 Å². The molecule has 0 spiro atoms. The molecule has 19 heavy (non-hydrogen) atoms. The van der Waals surface area contributed by atoms with Crippen molar-refractivity contribution in [2.75, 3.05) is 0 Å². The maximum atomic E-state index is 6.34. The third-order valence-corrected chi connectivity index (χ3v) is 3.56. The minimum atomic E-state index is -0.349. The predicted octanol–water partition coefficient (Wildman–Crippen LogP) is 3.35. The Hall–Kier alpha value is -1.78. The maximum absolute atomic E-state index is 6.34. The Labute approximate surface area is 115 Å². The summed E-state index contributed by atoms with van der Waals surface area (Å²) >= 11 is 6.19. The molecule has 3 aromatic rings. The van der Waals surface area contributed by atoms with Gasteiger partial charge in [0.25, 0.3) is 0 Å². The van der Waals surface area contributed by atoms with Crippen LogP contribution in [-0.4, -0.2) is 9.78 Å². The summed E-state index contributed by atoms with van der Waals surface area (Å²) in [5.41, 5.74) is 8.91. The molecule has 0 saturated carbocycles. The molecule has 0 amide bonds. The van der Waals surface area contributed by atoms with Crippen LogP contribution in [0.5, 0.6) is 0 Å². The van der Waals surface area contributed by atoms with E-state index in [9.17, 15) is 0 Å². The van der Waals surface area contributed by atoms with Gasteiger partial charge in [-0.3, -0.25) is 4.68 Å². The Morgan fingerprint density at radius 3 is 3.00 bits per heavy atom. The van der Waals surface area contributed by atoms with Gasteiger partial charge in [0, 0.05) is 17.5 Å². The fourth-order valence-corrected chi connectivity index (χ4v) is 2.58. The maximum Gasteiger partial charge on any atom is 0.134 e. The first-order chi connectivity index (χ1) is 9.22. The molecular weight excluding hydrogens is 262 g/mol. The van der Waals surface area contributed by atoms with E-state index in [4.69, 9.17) is 21.8 Å². The molecule has 1 aromatic carbocycles. The molecule has 0 bridgehead atoms. The summed E-state index contributed by atoms with van der Waals surface area (Å²) in [4.78, 5) is 0. The van der Waals surface area contributed by atoms with Gasteiger partial charge in [0.2, 0.25) is 0 Å². The van der Waals surface area contributed by atoms with Gasteiger partial charge < -0.3 is 10.2 Å². The van der Waals surface area contributed by atoms with E-state index < -0.39 is 0 Å². The molecule has 0 fully saturated rings. The smallest absolute Gasteiger partial charge is 0.134 e. The lowest BCUT2D eigenvalue weighted by molar-refractivity contribution is 0.585. The second-order valence-corrected chi connectivity index (χ2v) is 4.77. The van der Waals surface area contributed by atoms with Crippen molar-refractivity contribution in [1.82, 2.24) is 9.78 Å². The number of nitrogens with two attached hydrogens (primary N) is 1. The van der Waals surface area contributed by atoms with Gasteiger partial charge in [-0.2, -0.15) is 5.10 Å². The summed E-state index contributed by atoms with van der Waals surface area (Å²) in [5.74, 6) is 0. The van der Waals surface area contributed by atoms with E-state index in [0.29, 0.717) is 5.02 Å². The van der Waals surface area contributed by atoms with E-state index in [0.717, 1.165) is 28.8 Å². The lowest BCUT2D eigenvalue weighted by atomic mass is 10.0. The average molecular weight is 276 g/mol. The van der Waals surface area contributed by atoms with E-state index >= 15 is 0 Å². The number of furan rings is 1. The summed E-state index contributed by atoms with van der Waals surface area (Å²) < 4.78 is 7.34. The van der Waals surface area contributed by atoms with Gasteiger partial charge in [0.15, 0.2) is 0 Å². The molecule has 0 aliphatic rings. The predicted molar refractivity (Wildman–Crippen MR) is 75.2 cm³/mol. The van der Waals surface area contributed by atoms with Crippen LogP contribution in [0.3, 0.4) is 0 Å². The number of aromatic nitrogens is 2. The van der Waals surface area contributed by atoms with E-state index in [1.165, 1.54) is 0 Å². The van der Waals surface area contributed by atoms with Gasteiger partial charge in [-0.1, -0.05) is 29.8 Å². The third kappa shape index (κ3) is 1.93. The monoisotopic (exact) mass is 275 g/mol. The van der Waals surface area contributed by atoms with Gasteiger partial charge >= 0.3 is 0 Å². The Morgan fingerprint density at radius 1 is 1.42 bits per heavy atom. The largest absolute Gasteiger partial charge is 0.464 e. The van der Waals surface area contributed by atoms with Crippen LogP contribution < -0.4 is 5.73 Å². The lowest BCUT2D eigenvalue weighted by Gasteiger charge is -2.13. The number of hydrogen-bond donors (Lipinski definition) is 1. The number of aryl methyl sites for hydroxylation is 1. The summed E-state index contributed by atoms with van der Waals surface area (Å²) in [7, 11) is 0. The highest BCUT2D eigenvalue weighted by molar-refractivity contribution is 6.31. The first-order valence-electron chi connectivity index (χ1n) is 6.15. The zero-order chi connectivity index (χ0) is 13.4. The highest BCUT2D eigenvalue weighted by Gasteiger charge is 2.21. The van der Waals surface area contributed by atoms with Crippen LogP contribution in [0, 0.1) is 0 Å². The zero-order valence-electron chi connectivity index (χ0n) is 10.5. The molecule has 98 valence electrons. The number of benzene rings is 1. The second kappa shape index (κ2) is 4.72. The SMILES string of the molecule is CCn1ncc(Cl)c1C(N)c1coc2ccccc12. The van der Waals surface area contributed by atoms with Crippen molar-refractivity contribution >= 4 is 22.6 Å². The molecule has 0 aliphatic carbocycles. The molecule has 2 aromatic heterocycles. The first-order valence-corrected chi connectivity index (χ1v) is 6.53. The van der Waals surface area contributed by atoms with Crippen molar-refractivity contribution in [3.63, 3.8) is 0 Å². The van der Waals surface area contributed by atoms with Gasteiger partial charge in [-0.05, 0) is 13.0 Å². The molecule has 2 N–H and O–H groups in total. The molecule has 0 aliphatic heterocycles. The number of halogens is 1. The van der Waals surface area contributed by atoms with Gasteiger partial charge in [0.1, 0.15) is 5.58 Å². The Balaban J connectivity index is 2.13. The number of fused-ring (bicyclic) bond motifs is 1. The minimum Gasteiger partial charge on any atom is -0.464 e. The molecular formula is C14H14ClN3O. The Kier molecular flexibility index (Phi) is 3.05. The molecule has 5 heteroatoms. The molecule has 1 atom stereocenters. The molecule has 3 rings (SSSR count). The number of rotatable bonds is 3. The van der Waals surface area contributed by atoms with Gasteiger partial charge in [-0.25, -0.2) is 0 Å². The van der Waals surface area contributed by atoms with E-state index in [1.807, 2.05) is 35.9 Å². The normalized spacial score (nSPS) is 13.0. The minimum absolute atomic E-state index is 0.349.